The second-order valence-corrected chi connectivity index (χ2v) is 6.94. The van der Waals surface area contributed by atoms with Crippen LogP contribution in [0.15, 0.2) is 48.5 Å². The van der Waals surface area contributed by atoms with Crippen LogP contribution < -0.4 is 19.5 Å². The van der Waals surface area contributed by atoms with Crippen molar-refractivity contribution in [2.24, 2.45) is 0 Å². The summed E-state index contributed by atoms with van der Waals surface area (Å²) in [5.74, 6) is 0.717. The van der Waals surface area contributed by atoms with Gasteiger partial charge in [-0.2, -0.15) is 0 Å². The van der Waals surface area contributed by atoms with Gasteiger partial charge in [-0.25, -0.2) is 4.79 Å². The fourth-order valence-electron chi connectivity index (χ4n) is 2.76. The van der Waals surface area contributed by atoms with E-state index in [1.165, 1.54) is 20.1 Å². The van der Waals surface area contributed by atoms with Gasteiger partial charge >= 0.3 is 5.97 Å². The highest BCUT2D eigenvalue weighted by Gasteiger charge is 2.18. The molecule has 0 aliphatic carbocycles. The second-order valence-electron chi connectivity index (χ2n) is 6.94. The molecule has 1 amide bonds. The van der Waals surface area contributed by atoms with Gasteiger partial charge in [0.2, 0.25) is 0 Å². The van der Waals surface area contributed by atoms with Gasteiger partial charge in [0.25, 0.3) is 5.91 Å². The number of rotatable bonds is 12. The van der Waals surface area contributed by atoms with Crippen molar-refractivity contribution in [1.82, 2.24) is 0 Å². The van der Waals surface area contributed by atoms with Gasteiger partial charge in [0.05, 0.1) is 26.0 Å². The van der Waals surface area contributed by atoms with Crippen molar-refractivity contribution in [1.29, 1.82) is 0 Å². The Morgan fingerprint density at radius 3 is 2.53 bits per heavy atom. The van der Waals surface area contributed by atoms with E-state index in [0.29, 0.717) is 36.1 Å². The number of hydrogen-bond acceptors (Lipinski definition) is 6. The van der Waals surface area contributed by atoms with E-state index in [4.69, 9.17) is 18.9 Å². The van der Waals surface area contributed by atoms with E-state index in [9.17, 15) is 9.59 Å². The number of nitrogens with one attached hydrogen (secondary N) is 1. The molecule has 0 aliphatic heterocycles. The van der Waals surface area contributed by atoms with Crippen LogP contribution in [-0.2, 0) is 14.3 Å². The highest BCUT2D eigenvalue weighted by atomic mass is 16.5. The lowest BCUT2D eigenvalue weighted by atomic mass is 10.2. The maximum absolute atomic E-state index is 12.4. The van der Waals surface area contributed by atoms with Crippen molar-refractivity contribution in [2.45, 2.75) is 39.7 Å². The van der Waals surface area contributed by atoms with E-state index >= 15 is 0 Å². The lowest BCUT2D eigenvalue weighted by Crippen LogP contribution is -2.29. The number of esters is 1. The third kappa shape index (κ3) is 7.65. The molecule has 0 fully saturated rings. The monoisotopic (exact) mass is 441 g/mol. The first kappa shape index (κ1) is 24.8. The van der Waals surface area contributed by atoms with E-state index in [1.807, 2.05) is 19.1 Å². The summed E-state index contributed by atoms with van der Waals surface area (Å²) in [4.78, 5) is 24.5. The van der Waals surface area contributed by atoms with E-state index in [-0.39, 0.29) is 0 Å². The lowest BCUT2D eigenvalue weighted by molar-refractivity contribution is -0.148. The third-order valence-electron chi connectivity index (χ3n) is 4.46. The summed E-state index contributed by atoms with van der Waals surface area (Å²) >= 11 is 0. The normalized spacial score (nSPS) is 11.6. The Hall–Kier alpha value is -3.48. The molecule has 0 aromatic heterocycles. The Morgan fingerprint density at radius 2 is 1.81 bits per heavy atom. The molecule has 172 valence electrons. The van der Waals surface area contributed by atoms with E-state index in [0.717, 1.165) is 18.4 Å². The number of unbranched alkanes of at least 4 members (excludes halogenated alkanes) is 1. The zero-order valence-electron chi connectivity index (χ0n) is 19.1. The van der Waals surface area contributed by atoms with Crippen molar-refractivity contribution in [3.63, 3.8) is 0 Å². The largest absolute Gasteiger partial charge is 0.495 e. The van der Waals surface area contributed by atoms with E-state index in [2.05, 4.69) is 12.2 Å². The number of carbonyl (C=O) groups excluding carboxylic acids is 2. The topological polar surface area (TPSA) is 83.1 Å². The lowest BCUT2D eigenvalue weighted by Gasteiger charge is -2.14. The molecule has 1 N–H and O–H groups in total. The summed E-state index contributed by atoms with van der Waals surface area (Å²) in [5, 5.41) is 2.69. The molecular formula is C25H31NO6. The van der Waals surface area contributed by atoms with Crippen LogP contribution in [0.1, 0.15) is 39.2 Å². The van der Waals surface area contributed by atoms with Crippen molar-refractivity contribution in [3.8, 4) is 17.2 Å². The second kappa shape index (κ2) is 13.0. The number of benzene rings is 2. The Kier molecular flexibility index (Phi) is 10.1. The van der Waals surface area contributed by atoms with Crippen molar-refractivity contribution < 1.29 is 28.5 Å². The average molecular weight is 442 g/mol. The van der Waals surface area contributed by atoms with Gasteiger partial charge in [-0.1, -0.05) is 31.5 Å². The third-order valence-corrected chi connectivity index (χ3v) is 4.46. The first-order valence-corrected chi connectivity index (χ1v) is 10.7. The van der Waals surface area contributed by atoms with E-state index in [1.54, 1.807) is 36.4 Å². The molecule has 2 aromatic carbocycles. The summed E-state index contributed by atoms with van der Waals surface area (Å²) < 4.78 is 21.8. The van der Waals surface area contributed by atoms with Crippen LogP contribution >= 0.6 is 0 Å². The van der Waals surface area contributed by atoms with E-state index < -0.39 is 18.0 Å². The fourth-order valence-corrected chi connectivity index (χ4v) is 2.76. The first-order valence-electron chi connectivity index (χ1n) is 10.7. The number of amides is 1. The number of para-hydroxylation sites is 2. The van der Waals surface area contributed by atoms with Gasteiger partial charge in [0.1, 0.15) is 5.75 Å². The predicted octanol–water partition coefficient (Wildman–Crippen LogP) is 4.86. The average Bonchev–Trinajstić information content (AvgIpc) is 2.79. The summed E-state index contributed by atoms with van der Waals surface area (Å²) in [7, 11) is 1.51. The minimum Gasteiger partial charge on any atom is -0.495 e. The number of carbonyl (C=O) groups is 2. The number of methoxy groups -OCH3 is 1. The molecule has 7 nitrogen and oxygen atoms in total. The van der Waals surface area contributed by atoms with Crippen LogP contribution in [0.4, 0.5) is 5.69 Å². The van der Waals surface area contributed by atoms with Gasteiger partial charge in [0, 0.05) is 6.08 Å². The Labute approximate surface area is 189 Å². The summed E-state index contributed by atoms with van der Waals surface area (Å²) in [5.41, 5.74) is 1.25. The van der Waals surface area contributed by atoms with Crippen molar-refractivity contribution in [3.05, 3.63) is 54.1 Å². The number of hydrogen-bond donors (Lipinski definition) is 1. The SMILES string of the molecule is CCCCOc1ccc(/C=C/C(=O)OC(C)C(=O)Nc2ccccc2OC)cc1OCC. The molecule has 1 atom stereocenters. The molecule has 0 saturated carbocycles. The quantitative estimate of drug-likeness (QED) is 0.288. The highest BCUT2D eigenvalue weighted by Crippen LogP contribution is 2.29. The summed E-state index contributed by atoms with van der Waals surface area (Å²) in [6.07, 6.45) is 3.90. The summed E-state index contributed by atoms with van der Waals surface area (Å²) in [6, 6.07) is 12.4. The number of ether oxygens (including phenoxy) is 4. The summed E-state index contributed by atoms with van der Waals surface area (Å²) in [6.45, 7) is 6.62. The molecular weight excluding hydrogens is 410 g/mol. The molecule has 0 saturated heterocycles. The van der Waals surface area contributed by atoms with Crippen molar-refractivity contribution in [2.75, 3.05) is 25.6 Å². The first-order chi connectivity index (χ1) is 15.5. The molecule has 7 heteroatoms. The maximum Gasteiger partial charge on any atom is 0.331 e. The molecule has 2 aromatic rings. The van der Waals surface area contributed by atoms with Crippen LogP contribution in [-0.4, -0.2) is 38.3 Å². The number of anilines is 1. The van der Waals surface area contributed by atoms with Crippen LogP contribution in [0.5, 0.6) is 17.2 Å². The van der Waals surface area contributed by atoms with Crippen LogP contribution in [0, 0.1) is 0 Å². The highest BCUT2D eigenvalue weighted by molar-refractivity contribution is 5.97. The molecule has 0 heterocycles. The van der Waals surface area contributed by atoms with Gasteiger partial charge in [-0.3, -0.25) is 4.79 Å². The molecule has 0 spiro atoms. The van der Waals surface area contributed by atoms with Gasteiger partial charge in [0.15, 0.2) is 17.6 Å². The van der Waals surface area contributed by atoms with Crippen LogP contribution in [0.3, 0.4) is 0 Å². The Balaban J connectivity index is 1.96. The Morgan fingerprint density at radius 1 is 1.03 bits per heavy atom. The standard InChI is InChI=1S/C25H31NO6/c1-5-7-16-31-22-14-12-19(17-23(22)30-6-2)13-15-24(27)32-18(3)25(28)26-20-10-8-9-11-21(20)29-4/h8-15,17-18H,5-7,16H2,1-4H3,(H,26,28)/b15-13+. The molecule has 0 radical (unpaired) electrons. The zero-order valence-corrected chi connectivity index (χ0v) is 19.1. The predicted molar refractivity (Wildman–Crippen MR) is 124 cm³/mol. The van der Waals surface area contributed by atoms with Gasteiger partial charge < -0.3 is 24.3 Å². The van der Waals surface area contributed by atoms with Gasteiger partial charge in [-0.15, -0.1) is 0 Å². The van der Waals surface area contributed by atoms with Crippen LogP contribution in [0.2, 0.25) is 0 Å². The van der Waals surface area contributed by atoms with Crippen LogP contribution in [0.25, 0.3) is 6.08 Å². The minimum atomic E-state index is -0.981. The zero-order chi connectivity index (χ0) is 23.3. The fraction of sp³-hybridized carbons (Fsp3) is 0.360. The Bertz CT molecular complexity index is 924. The minimum absolute atomic E-state index is 0.455. The van der Waals surface area contributed by atoms with Gasteiger partial charge in [-0.05, 0) is 56.2 Å². The molecule has 0 bridgehead atoms. The molecule has 2 rings (SSSR count). The molecule has 0 aliphatic rings. The molecule has 1 unspecified atom stereocenters. The molecule has 32 heavy (non-hydrogen) atoms. The smallest absolute Gasteiger partial charge is 0.331 e. The maximum atomic E-state index is 12.4. The van der Waals surface area contributed by atoms with Crippen molar-refractivity contribution >= 4 is 23.6 Å².